The molecule has 196 valence electrons. The summed E-state index contributed by atoms with van der Waals surface area (Å²) in [5.74, 6) is 1.72. The van der Waals surface area contributed by atoms with Crippen LogP contribution in [0.3, 0.4) is 0 Å². The summed E-state index contributed by atoms with van der Waals surface area (Å²) in [6.45, 7) is 0.644. The summed E-state index contributed by atoms with van der Waals surface area (Å²) < 4.78 is 6.29. The Morgan fingerprint density at radius 2 is 1.43 bits per heavy atom. The average molecular weight is 528 g/mol. The second kappa shape index (κ2) is 11.4. The van der Waals surface area contributed by atoms with Crippen molar-refractivity contribution in [3.8, 4) is 22.5 Å². The van der Waals surface area contributed by atoms with Crippen LogP contribution in [0.15, 0.2) is 114 Å². The molecule has 9 heteroatoms. The molecule has 0 unspecified atom stereocenters. The molecule has 0 bridgehead atoms. The molecule has 40 heavy (non-hydrogen) atoms. The van der Waals surface area contributed by atoms with Gasteiger partial charge in [0, 0.05) is 35.8 Å². The van der Waals surface area contributed by atoms with Gasteiger partial charge in [0.15, 0.2) is 0 Å². The fourth-order valence-corrected chi connectivity index (χ4v) is 4.45. The van der Waals surface area contributed by atoms with E-state index < -0.39 is 6.03 Å². The minimum absolute atomic E-state index is 0.241. The summed E-state index contributed by atoms with van der Waals surface area (Å²) in [7, 11) is 0. The van der Waals surface area contributed by atoms with Crippen LogP contribution in [0.5, 0.6) is 0 Å². The Morgan fingerprint density at radius 1 is 0.725 bits per heavy atom. The van der Waals surface area contributed by atoms with Crippen LogP contribution >= 0.6 is 0 Å². The molecule has 0 saturated heterocycles. The van der Waals surface area contributed by atoms with Crippen LogP contribution in [-0.4, -0.2) is 32.5 Å². The highest BCUT2D eigenvalue weighted by Crippen LogP contribution is 2.42. The third kappa shape index (κ3) is 5.48. The van der Waals surface area contributed by atoms with E-state index in [0.29, 0.717) is 23.8 Å². The van der Waals surface area contributed by atoms with Gasteiger partial charge in [0.2, 0.25) is 11.7 Å². The number of benzene rings is 3. The van der Waals surface area contributed by atoms with Crippen molar-refractivity contribution in [1.29, 1.82) is 0 Å². The SMILES string of the molecule is O=C(Nc1ccc(CCNc2ncnc3oc(-c4ccccc4)c(-c4ccccc4)c23)cc1)Nc1ncccn1. The Kier molecular flexibility index (Phi) is 7.08. The maximum Gasteiger partial charge on any atom is 0.326 e. The second-order valence-electron chi connectivity index (χ2n) is 8.97. The molecule has 0 aliphatic heterocycles. The zero-order valence-electron chi connectivity index (χ0n) is 21.4. The molecule has 9 nitrogen and oxygen atoms in total. The summed E-state index contributed by atoms with van der Waals surface area (Å²) in [6.07, 6.45) is 5.40. The normalized spacial score (nSPS) is 10.8. The predicted octanol–water partition coefficient (Wildman–Crippen LogP) is 6.65. The minimum atomic E-state index is -0.405. The number of nitrogens with one attached hydrogen (secondary N) is 3. The molecule has 0 saturated carbocycles. The molecule has 0 atom stereocenters. The van der Waals surface area contributed by atoms with Gasteiger partial charge in [-0.05, 0) is 35.7 Å². The second-order valence-corrected chi connectivity index (χ2v) is 8.97. The van der Waals surface area contributed by atoms with Gasteiger partial charge in [-0.1, -0.05) is 72.8 Å². The van der Waals surface area contributed by atoms with Crippen LogP contribution in [0.4, 0.5) is 22.2 Å². The van der Waals surface area contributed by atoms with Gasteiger partial charge in [0.05, 0.1) is 5.39 Å². The van der Waals surface area contributed by atoms with Gasteiger partial charge in [-0.3, -0.25) is 5.32 Å². The zero-order chi connectivity index (χ0) is 27.1. The van der Waals surface area contributed by atoms with Crippen LogP contribution < -0.4 is 16.0 Å². The van der Waals surface area contributed by atoms with E-state index >= 15 is 0 Å². The number of hydrogen-bond donors (Lipinski definition) is 3. The highest BCUT2D eigenvalue weighted by Gasteiger charge is 2.21. The van der Waals surface area contributed by atoms with Crippen LogP contribution in [-0.2, 0) is 6.42 Å². The van der Waals surface area contributed by atoms with E-state index in [1.165, 1.54) is 6.33 Å². The fourth-order valence-electron chi connectivity index (χ4n) is 4.45. The summed E-state index contributed by atoms with van der Waals surface area (Å²) in [4.78, 5) is 29.2. The maximum absolute atomic E-state index is 12.2. The first-order valence-electron chi connectivity index (χ1n) is 12.8. The lowest BCUT2D eigenvalue weighted by atomic mass is 9.99. The quantitative estimate of drug-likeness (QED) is 0.203. The van der Waals surface area contributed by atoms with Crippen LogP contribution in [0.1, 0.15) is 5.56 Å². The number of aromatic nitrogens is 4. The molecule has 0 spiro atoms. The van der Waals surface area contributed by atoms with Crippen molar-refractivity contribution in [1.82, 2.24) is 19.9 Å². The molecule has 6 rings (SSSR count). The van der Waals surface area contributed by atoms with Crippen molar-refractivity contribution in [2.45, 2.75) is 6.42 Å². The van der Waals surface area contributed by atoms with Crippen molar-refractivity contribution in [2.24, 2.45) is 0 Å². The lowest BCUT2D eigenvalue weighted by Gasteiger charge is -2.10. The molecule has 2 amide bonds. The number of carbonyl (C=O) groups excluding carboxylic acids is 1. The minimum Gasteiger partial charge on any atom is -0.437 e. The third-order valence-electron chi connectivity index (χ3n) is 6.30. The topological polar surface area (TPSA) is 118 Å². The molecule has 0 aliphatic carbocycles. The van der Waals surface area contributed by atoms with E-state index in [4.69, 9.17) is 4.42 Å². The van der Waals surface area contributed by atoms with Gasteiger partial charge < -0.3 is 15.1 Å². The molecule has 0 aliphatic rings. The summed E-state index contributed by atoms with van der Waals surface area (Å²) >= 11 is 0. The number of fused-ring (bicyclic) bond motifs is 1. The predicted molar refractivity (Wildman–Crippen MR) is 156 cm³/mol. The Morgan fingerprint density at radius 3 is 2.15 bits per heavy atom. The van der Waals surface area contributed by atoms with E-state index in [-0.39, 0.29) is 5.95 Å². The number of urea groups is 1. The van der Waals surface area contributed by atoms with Crippen molar-refractivity contribution < 1.29 is 9.21 Å². The average Bonchev–Trinajstić information content (AvgIpc) is 3.40. The van der Waals surface area contributed by atoms with Crippen LogP contribution in [0.25, 0.3) is 33.6 Å². The number of carbonyl (C=O) groups is 1. The molecular formula is C31H25N7O2. The molecule has 3 aromatic heterocycles. The molecular weight excluding hydrogens is 502 g/mol. The van der Waals surface area contributed by atoms with Gasteiger partial charge in [0.25, 0.3) is 0 Å². The van der Waals surface area contributed by atoms with Crippen LogP contribution in [0.2, 0.25) is 0 Å². The molecule has 3 heterocycles. The zero-order valence-corrected chi connectivity index (χ0v) is 21.4. The van der Waals surface area contributed by atoms with E-state index in [0.717, 1.165) is 39.8 Å². The van der Waals surface area contributed by atoms with E-state index in [9.17, 15) is 4.79 Å². The smallest absolute Gasteiger partial charge is 0.326 e. The van der Waals surface area contributed by atoms with Gasteiger partial charge >= 0.3 is 6.03 Å². The molecule has 0 fully saturated rings. The van der Waals surface area contributed by atoms with Gasteiger partial charge in [-0.25, -0.2) is 24.7 Å². The van der Waals surface area contributed by atoms with E-state index in [2.05, 4.69) is 48.0 Å². The number of anilines is 3. The van der Waals surface area contributed by atoms with Crippen LogP contribution in [0, 0.1) is 0 Å². The van der Waals surface area contributed by atoms with Gasteiger partial charge in [-0.15, -0.1) is 0 Å². The number of furan rings is 1. The lowest BCUT2D eigenvalue weighted by molar-refractivity contribution is 0.262. The van der Waals surface area contributed by atoms with Crippen molar-refractivity contribution >= 4 is 34.6 Å². The molecule has 3 N–H and O–H groups in total. The van der Waals surface area contributed by atoms with E-state index in [1.807, 2.05) is 72.8 Å². The Labute approximate surface area is 230 Å². The lowest BCUT2D eigenvalue weighted by Crippen LogP contribution is -2.20. The fraction of sp³-hybridized carbons (Fsp3) is 0.0645. The third-order valence-corrected chi connectivity index (χ3v) is 6.30. The largest absolute Gasteiger partial charge is 0.437 e. The first-order chi connectivity index (χ1) is 19.7. The molecule has 3 aromatic carbocycles. The number of rotatable bonds is 8. The van der Waals surface area contributed by atoms with Crippen molar-refractivity contribution in [3.63, 3.8) is 0 Å². The summed E-state index contributed by atoms with van der Waals surface area (Å²) in [6, 6.07) is 29.1. The maximum atomic E-state index is 12.2. The first-order valence-corrected chi connectivity index (χ1v) is 12.8. The molecule has 6 aromatic rings. The van der Waals surface area contributed by atoms with Gasteiger partial charge in [0.1, 0.15) is 17.9 Å². The summed E-state index contributed by atoms with van der Waals surface area (Å²) in [5, 5.41) is 9.71. The Balaban J connectivity index is 1.18. The van der Waals surface area contributed by atoms with Gasteiger partial charge in [-0.2, -0.15) is 0 Å². The Bertz CT molecular complexity index is 1720. The monoisotopic (exact) mass is 527 g/mol. The standard InChI is InChI=1S/C31H25N7O2/c39-31(38-30-33-17-7-18-34-30)37-24-14-12-21(13-15-24)16-19-32-28-26-25(22-8-3-1-4-9-22)27(23-10-5-2-6-11-23)40-29(26)36-20-35-28/h1-15,17-18,20H,16,19H2,(H,32,35,36)(H2,33,34,37,38,39). The number of hydrogen-bond acceptors (Lipinski definition) is 7. The summed E-state index contributed by atoms with van der Waals surface area (Å²) in [5.41, 5.74) is 5.27. The highest BCUT2D eigenvalue weighted by molar-refractivity contribution is 6.05. The molecule has 0 radical (unpaired) electrons. The number of amides is 2. The van der Waals surface area contributed by atoms with Crippen molar-refractivity contribution in [3.05, 3.63) is 115 Å². The first kappa shape index (κ1) is 24.7. The van der Waals surface area contributed by atoms with Crippen molar-refractivity contribution in [2.75, 3.05) is 22.5 Å². The number of nitrogens with zero attached hydrogens (tertiary/aromatic N) is 4. The van der Waals surface area contributed by atoms with E-state index in [1.54, 1.807) is 18.5 Å². The highest BCUT2D eigenvalue weighted by atomic mass is 16.3. The Hall–Kier alpha value is -5.57.